The summed E-state index contributed by atoms with van der Waals surface area (Å²) >= 11 is 7.11. The molecule has 0 aromatic carbocycles. The number of thioether (sulfide) groups is 1. The summed E-state index contributed by atoms with van der Waals surface area (Å²) in [6.07, 6.45) is 2.80. The molecule has 0 aliphatic carbocycles. The number of nitrogens with one attached hydrogen (secondary N) is 1. The predicted octanol–water partition coefficient (Wildman–Crippen LogP) is 1.48. The molecule has 1 amide bonds. The first-order valence-corrected chi connectivity index (χ1v) is 5.51. The van der Waals surface area contributed by atoms with Crippen LogP contribution in [0.1, 0.15) is 13.3 Å². The Morgan fingerprint density at radius 3 is 2.73 bits per heavy atom. The van der Waals surface area contributed by atoms with Crippen LogP contribution in [0, 0.1) is 0 Å². The SMILES string of the molecule is CCC(CCl)NC(=O)CSC. The fourth-order valence-corrected chi connectivity index (χ4v) is 1.29. The summed E-state index contributed by atoms with van der Waals surface area (Å²) in [6.45, 7) is 2.01. The van der Waals surface area contributed by atoms with Crippen LogP contribution in [0.5, 0.6) is 0 Å². The molecule has 0 aromatic heterocycles. The van der Waals surface area contributed by atoms with Crippen LogP contribution in [0.4, 0.5) is 0 Å². The molecule has 0 fully saturated rings. The third-order valence-corrected chi connectivity index (χ3v) is 2.24. The van der Waals surface area contributed by atoms with Crippen molar-refractivity contribution in [2.75, 3.05) is 17.9 Å². The molecule has 0 spiro atoms. The highest BCUT2D eigenvalue weighted by molar-refractivity contribution is 7.99. The van der Waals surface area contributed by atoms with E-state index >= 15 is 0 Å². The molecule has 0 saturated heterocycles. The fourth-order valence-electron chi connectivity index (χ4n) is 0.650. The Bertz CT molecular complexity index is 117. The highest BCUT2D eigenvalue weighted by atomic mass is 35.5. The van der Waals surface area contributed by atoms with Crippen molar-refractivity contribution < 1.29 is 4.79 Å². The van der Waals surface area contributed by atoms with Gasteiger partial charge in [-0.05, 0) is 12.7 Å². The number of hydrogen-bond donors (Lipinski definition) is 1. The molecule has 1 atom stereocenters. The largest absolute Gasteiger partial charge is 0.351 e. The lowest BCUT2D eigenvalue weighted by Gasteiger charge is -2.12. The molecule has 66 valence electrons. The molecule has 0 saturated carbocycles. The van der Waals surface area contributed by atoms with Gasteiger partial charge in [0, 0.05) is 11.9 Å². The van der Waals surface area contributed by atoms with Gasteiger partial charge in [-0.15, -0.1) is 11.6 Å². The van der Waals surface area contributed by atoms with Crippen molar-refractivity contribution in [2.24, 2.45) is 0 Å². The summed E-state index contributed by atoms with van der Waals surface area (Å²) < 4.78 is 0. The van der Waals surface area contributed by atoms with Gasteiger partial charge in [-0.1, -0.05) is 6.92 Å². The fraction of sp³-hybridized carbons (Fsp3) is 0.857. The van der Waals surface area contributed by atoms with E-state index in [9.17, 15) is 4.79 Å². The number of carbonyl (C=O) groups excluding carboxylic acids is 1. The molecule has 0 rings (SSSR count). The Morgan fingerprint density at radius 1 is 1.73 bits per heavy atom. The van der Waals surface area contributed by atoms with Gasteiger partial charge >= 0.3 is 0 Å². The first-order chi connectivity index (χ1) is 5.24. The molecule has 1 N–H and O–H groups in total. The van der Waals surface area contributed by atoms with Gasteiger partial charge in [0.25, 0.3) is 0 Å². The summed E-state index contributed by atoms with van der Waals surface area (Å²) in [7, 11) is 0. The summed E-state index contributed by atoms with van der Waals surface area (Å²) in [4.78, 5) is 11.0. The minimum atomic E-state index is 0.0741. The lowest BCUT2D eigenvalue weighted by Crippen LogP contribution is -2.36. The number of rotatable bonds is 5. The standard InChI is InChI=1S/C7H14ClNOS/c1-3-6(4-8)9-7(10)5-11-2/h6H,3-5H2,1-2H3,(H,9,10). The van der Waals surface area contributed by atoms with Crippen molar-refractivity contribution >= 4 is 29.3 Å². The van der Waals surface area contributed by atoms with Crippen LogP contribution in [0.2, 0.25) is 0 Å². The topological polar surface area (TPSA) is 29.1 Å². The van der Waals surface area contributed by atoms with Crippen LogP contribution >= 0.6 is 23.4 Å². The maximum atomic E-state index is 11.0. The number of amides is 1. The number of alkyl halides is 1. The van der Waals surface area contributed by atoms with E-state index in [1.807, 2.05) is 13.2 Å². The molecular weight excluding hydrogens is 182 g/mol. The second kappa shape index (κ2) is 6.80. The Balaban J connectivity index is 3.54. The maximum Gasteiger partial charge on any atom is 0.230 e. The summed E-state index contributed by atoms with van der Waals surface area (Å²) in [5, 5.41) is 2.83. The van der Waals surface area contributed by atoms with E-state index in [0.717, 1.165) is 6.42 Å². The van der Waals surface area contributed by atoms with E-state index in [2.05, 4.69) is 5.32 Å². The Kier molecular flexibility index (Phi) is 6.87. The lowest BCUT2D eigenvalue weighted by atomic mass is 10.2. The molecule has 0 radical (unpaired) electrons. The molecule has 1 unspecified atom stereocenters. The highest BCUT2D eigenvalue weighted by Gasteiger charge is 2.07. The zero-order valence-corrected chi connectivity index (χ0v) is 8.47. The molecule has 0 bridgehead atoms. The second-order valence-electron chi connectivity index (χ2n) is 2.26. The van der Waals surface area contributed by atoms with Gasteiger partial charge in [0.1, 0.15) is 0 Å². The van der Waals surface area contributed by atoms with Crippen LogP contribution in [-0.4, -0.2) is 29.8 Å². The van der Waals surface area contributed by atoms with Crippen molar-refractivity contribution in [2.45, 2.75) is 19.4 Å². The third kappa shape index (κ3) is 5.39. The number of hydrogen-bond acceptors (Lipinski definition) is 2. The highest BCUT2D eigenvalue weighted by Crippen LogP contribution is 1.96. The Hall–Kier alpha value is 0.110. The van der Waals surface area contributed by atoms with E-state index < -0.39 is 0 Å². The van der Waals surface area contributed by atoms with Gasteiger partial charge in [0.15, 0.2) is 0 Å². The second-order valence-corrected chi connectivity index (χ2v) is 3.43. The van der Waals surface area contributed by atoms with Crippen molar-refractivity contribution in [1.82, 2.24) is 5.32 Å². The minimum Gasteiger partial charge on any atom is -0.351 e. The van der Waals surface area contributed by atoms with Gasteiger partial charge in [0.05, 0.1) is 5.75 Å². The maximum absolute atomic E-state index is 11.0. The molecule has 2 nitrogen and oxygen atoms in total. The Morgan fingerprint density at radius 2 is 2.36 bits per heavy atom. The summed E-state index contributed by atoms with van der Waals surface area (Å²) in [5.74, 6) is 1.09. The van der Waals surface area contributed by atoms with Crippen molar-refractivity contribution in [1.29, 1.82) is 0 Å². The van der Waals surface area contributed by atoms with Gasteiger partial charge in [-0.2, -0.15) is 11.8 Å². The van der Waals surface area contributed by atoms with Gasteiger partial charge in [-0.25, -0.2) is 0 Å². The van der Waals surface area contributed by atoms with Crippen molar-refractivity contribution in [3.63, 3.8) is 0 Å². The van der Waals surface area contributed by atoms with Crippen molar-refractivity contribution in [3.8, 4) is 0 Å². The molecule has 11 heavy (non-hydrogen) atoms. The molecule has 0 heterocycles. The lowest BCUT2D eigenvalue weighted by molar-refractivity contribution is -0.119. The molecule has 0 aliphatic heterocycles. The van der Waals surface area contributed by atoms with E-state index in [1.165, 1.54) is 11.8 Å². The monoisotopic (exact) mass is 195 g/mol. The predicted molar refractivity (Wildman–Crippen MR) is 51.3 cm³/mol. The average Bonchev–Trinajstić information content (AvgIpc) is 2.01. The van der Waals surface area contributed by atoms with E-state index in [-0.39, 0.29) is 11.9 Å². The van der Waals surface area contributed by atoms with Crippen LogP contribution in [0.25, 0.3) is 0 Å². The van der Waals surface area contributed by atoms with Crippen LogP contribution in [0.15, 0.2) is 0 Å². The van der Waals surface area contributed by atoms with Crippen LogP contribution < -0.4 is 5.32 Å². The normalized spacial score (nSPS) is 12.6. The summed E-state index contributed by atoms with van der Waals surface area (Å²) in [6, 6.07) is 0.135. The number of carbonyl (C=O) groups is 1. The van der Waals surface area contributed by atoms with E-state index in [0.29, 0.717) is 11.6 Å². The third-order valence-electron chi connectivity index (χ3n) is 1.32. The van der Waals surface area contributed by atoms with Gasteiger partial charge in [-0.3, -0.25) is 4.79 Å². The first-order valence-electron chi connectivity index (χ1n) is 3.58. The Labute approximate surface area is 77.1 Å². The zero-order valence-electron chi connectivity index (χ0n) is 6.89. The van der Waals surface area contributed by atoms with Gasteiger partial charge < -0.3 is 5.32 Å². The molecular formula is C7H14ClNOS. The van der Waals surface area contributed by atoms with Crippen LogP contribution in [-0.2, 0) is 4.79 Å². The van der Waals surface area contributed by atoms with E-state index in [4.69, 9.17) is 11.6 Å². The first kappa shape index (κ1) is 11.1. The van der Waals surface area contributed by atoms with Gasteiger partial charge in [0.2, 0.25) is 5.91 Å². The zero-order chi connectivity index (χ0) is 8.69. The minimum absolute atomic E-state index is 0.0741. The summed E-state index contributed by atoms with van der Waals surface area (Å²) in [5.41, 5.74) is 0. The average molecular weight is 196 g/mol. The van der Waals surface area contributed by atoms with E-state index in [1.54, 1.807) is 0 Å². The molecule has 0 aromatic rings. The molecule has 0 aliphatic rings. The van der Waals surface area contributed by atoms with Crippen molar-refractivity contribution in [3.05, 3.63) is 0 Å². The molecule has 4 heteroatoms. The number of halogens is 1. The quantitative estimate of drug-likeness (QED) is 0.674. The van der Waals surface area contributed by atoms with Crippen LogP contribution in [0.3, 0.4) is 0 Å². The smallest absolute Gasteiger partial charge is 0.230 e.